The molecule has 0 saturated carbocycles. The van der Waals surface area contributed by atoms with E-state index in [-0.39, 0.29) is 36.2 Å². The van der Waals surface area contributed by atoms with Crippen LogP contribution in [0.3, 0.4) is 0 Å². The normalized spacial score (nSPS) is 10.2. The number of hydrogen-bond acceptors (Lipinski definition) is 3. The number of aliphatic carboxylic acids is 1. The third-order valence-electron chi connectivity index (χ3n) is 0.614. The quantitative estimate of drug-likeness (QED) is 0.310. The Morgan fingerprint density at radius 3 is 2.33 bits per heavy atom. The zero-order chi connectivity index (χ0) is 6.57. The van der Waals surface area contributed by atoms with Crippen molar-refractivity contribution in [3.05, 3.63) is 11.6 Å². The average molecular weight is 138 g/mol. The van der Waals surface area contributed by atoms with E-state index in [2.05, 4.69) is 0 Å². The molecule has 1 N–H and O–H groups in total. The molecule has 0 unspecified atom stereocenters. The molecule has 0 heterocycles. The number of hydrogen-bond donors (Lipinski definition) is 1. The number of carbonyl (C=O) groups is 1. The van der Waals surface area contributed by atoms with Gasteiger partial charge in [0.2, 0.25) is 0 Å². The second kappa shape index (κ2) is 6.29. The Labute approximate surface area is 75.7 Å². The van der Waals surface area contributed by atoms with Gasteiger partial charge in [-0.05, 0) is 18.6 Å². The summed E-state index contributed by atoms with van der Waals surface area (Å²) in [7, 11) is 0. The van der Waals surface area contributed by atoms with Gasteiger partial charge in [0.25, 0.3) is 0 Å². The molecule has 46 valence electrons. The largest absolute Gasteiger partial charge is 1.00 e. The van der Waals surface area contributed by atoms with E-state index in [1.165, 1.54) is 6.92 Å². The maximum Gasteiger partial charge on any atom is 1.00 e. The molecule has 0 fully saturated rings. The molecule has 9 heavy (non-hydrogen) atoms. The van der Waals surface area contributed by atoms with Crippen LogP contribution in [-0.2, 0) is 4.79 Å². The maximum absolute atomic E-state index is 9.67. The Kier molecular flexibility index (Phi) is 8.32. The number of aliphatic hydroxyl groups is 1. The van der Waals surface area contributed by atoms with Crippen LogP contribution in [0.2, 0.25) is 0 Å². The number of carboxylic acid groups (broad SMARTS) is 1. The summed E-state index contributed by atoms with van der Waals surface area (Å²) in [5, 5.41) is 17.9. The van der Waals surface area contributed by atoms with Crippen LogP contribution in [0.15, 0.2) is 11.6 Å². The summed E-state index contributed by atoms with van der Waals surface area (Å²) in [6.07, 6.45) is 0.861. The molecule has 0 radical (unpaired) electrons. The molecule has 0 amide bonds. The number of carbonyl (C=O) groups excluding carboxylic acids is 1. The molecule has 0 bridgehead atoms. The molecule has 0 aromatic heterocycles. The summed E-state index contributed by atoms with van der Waals surface area (Å²) >= 11 is 0. The van der Waals surface area contributed by atoms with Crippen LogP contribution >= 0.6 is 0 Å². The van der Waals surface area contributed by atoms with Crippen molar-refractivity contribution in [2.75, 3.05) is 6.61 Å². The first-order valence-corrected chi connectivity index (χ1v) is 2.16. The zero-order valence-electron chi connectivity index (χ0n) is 5.55. The summed E-state index contributed by atoms with van der Waals surface area (Å²) in [5.74, 6) is -1.27. The van der Waals surface area contributed by atoms with Gasteiger partial charge in [-0.25, -0.2) is 0 Å². The minimum Gasteiger partial charge on any atom is -0.545 e. The van der Waals surface area contributed by atoms with E-state index in [1.54, 1.807) is 0 Å². The van der Waals surface area contributed by atoms with Crippen molar-refractivity contribution < 1.29 is 44.6 Å². The standard InChI is InChI=1S/C5H8O3.Na/c1-4(3-6)2-5(7)8;/h2,6H,3H2,1H3,(H,7,8);/q;+1/p-1/b4-2+;. The van der Waals surface area contributed by atoms with Crippen molar-refractivity contribution in [3.8, 4) is 0 Å². The van der Waals surface area contributed by atoms with E-state index in [1.807, 2.05) is 0 Å². The van der Waals surface area contributed by atoms with Gasteiger partial charge in [-0.1, -0.05) is 0 Å². The molecule has 0 aliphatic heterocycles. The van der Waals surface area contributed by atoms with E-state index in [0.29, 0.717) is 5.57 Å². The minimum absolute atomic E-state index is 0. The molecule has 0 saturated heterocycles. The van der Waals surface area contributed by atoms with Crippen molar-refractivity contribution >= 4 is 5.97 Å². The third-order valence-corrected chi connectivity index (χ3v) is 0.614. The van der Waals surface area contributed by atoms with E-state index >= 15 is 0 Å². The topological polar surface area (TPSA) is 60.4 Å². The molecule has 0 rings (SSSR count). The first-order chi connectivity index (χ1) is 3.66. The molecule has 0 aromatic carbocycles. The van der Waals surface area contributed by atoms with Crippen LogP contribution in [0, 0.1) is 0 Å². The van der Waals surface area contributed by atoms with Crippen molar-refractivity contribution in [2.45, 2.75) is 6.92 Å². The number of aliphatic hydroxyl groups excluding tert-OH is 1. The maximum atomic E-state index is 9.67. The van der Waals surface area contributed by atoms with E-state index in [4.69, 9.17) is 5.11 Å². The first-order valence-electron chi connectivity index (χ1n) is 2.16. The molecule has 0 atom stereocenters. The van der Waals surface area contributed by atoms with Gasteiger partial charge in [0.05, 0.1) is 12.6 Å². The molecular weight excluding hydrogens is 131 g/mol. The van der Waals surface area contributed by atoms with Gasteiger partial charge < -0.3 is 15.0 Å². The van der Waals surface area contributed by atoms with Crippen molar-refractivity contribution in [3.63, 3.8) is 0 Å². The first kappa shape index (κ1) is 11.9. The second-order valence-electron chi connectivity index (χ2n) is 1.47. The Morgan fingerprint density at radius 2 is 2.22 bits per heavy atom. The number of rotatable bonds is 2. The molecule has 0 spiro atoms. The van der Waals surface area contributed by atoms with Crippen molar-refractivity contribution in [1.29, 1.82) is 0 Å². The summed E-state index contributed by atoms with van der Waals surface area (Å²) in [6, 6.07) is 0. The van der Waals surface area contributed by atoms with Crippen LogP contribution in [0.25, 0.3) is 0 Å². The average Bonchev–Trinajstić information content (AvgIpc) is 1.65. The van der Waals surface area contributed by atoms with Crippen LogP contribution in [0.5, 0.6) is 0 Å². The van der Waals surface area contributed by atoms with Gasteiger partial charge >= 0.3 is 29.6 Å². The second-order valence-corrected chi connectivity index (χ2v) is 1.47. The SMILES string of the molecule is C/C(=C\C(=O)[O-])CO.[Na+]. The summed E-state index contributed by atoms with van der Waals surface area (Å²) in [6.45, 7) is 1.28. The summed E-state index contributed by atoms with van der Waals surface area (Å²) in [4.78, 5) is 9.67. The van der Waals surface area contributed by atoms with Gasteiger partial charge in [-0.15, -0.1) is 0 Å². The van der Waals surface area contributed by atoms with E-state index in [0.717, 1.165) is 6.08 Å². The van der Waals surface area contributed by atoms with Crippen LogP contribution < -0.4 is 34.7 Å². The van der Waals surface area contributed by atoms with Gasteiger partial charge in [0, 0.05) is 0 Å². The summed E-state index contributed by atoms with van der Waals surface area (Å²) < 4.78 is 0. The summed E-state index contributed by atoms with van der Waals surface area (Å²) in [5.41, 5.74) is 0.394. The number of carboxylic acids is 1. The molecule has 0 aliphatic rings. The van der Waals surface area contributed by atoms with Crippen LogP contribution in [-0.4, -0.2) is 17.7 Å². The smallest absolute Gasteiger partial charge is 0.545 e. The zero-order valence-corrected chi connectivity index (χ0v) is 7.55. The van der Waals surface area contributed by atoms with Crippen molar-refractivity contribution in [1.82, 2.24) is 0 Å². The Morgan fingerprint density at radius 1 is 1.78 bits per heavy atom. The Bertz CT molecular complexity index is 119. The van der Waals surface area contributed by atoms with Crippen LogP contribution in [0.4, 0.5) is 0 Å². The van der Waals surface area contributed by atoms with Gasteiger partial charge in [0.1, 0.15) is 0 Å². The Balaban J connectivity index is 0. The molecular formula is C5H7NaO3. The third kappa shape index (κ3) is 8.17. The van der Waals surface area contributed by atoms with E-state index in [9.17, 15) is 9.90 Å². The van der Waals surface area contributed by atoms with Gasteiger partial charge in [-0.2, -0.15) is 0 Å². The monoisotopic (exact) mass is 138 g/mol. The van der Waals surface area contributed by atoms with E-state index < -0.39 is 5.97 Å². The fraction of sp³-hybridized carbons (Fsp3) is 0.400. The fourth-order valence-corrected chi connectivity index (χ4v) is 0.247. The van der Waals surface area contributed by atoms with Gasteiger partial charge in [-0.3, -0.25) is 0 Å². The Hall–Kier alpha value is 0.170. The fourth-order valence-electron chi connectivity index (χ4n) is 0.247. The predicted molar refractivity (Wildman–Crippen MR) is 25.8 cm³/mol. The van der Waals surface area contributed by atoms with Crippen LogP contribution in [0.1, 0.15) is 6.92 Å². The molecule has 0 aromatic rings. The van der Waals surface area contributed by atoms with Gasteiger partial charge in [0.15, 0.2) is 0 Å². The molecule has 3 nitrogen and oxygen atoms in total. The molecule has 0 aliphatic carbocycles. The predicted octanol–water partition coefficient (Wildman–Crippen LogP) is -4.32. The van der Waals surface area contributed by atoms with Crippen molar-refractivity contribution in [2.24, 2.45) is 0 Å². The molecule has 4 heteroatoms. The minimum atomic E-state index is -1.27.